The molecule has 112 valence electrons. The van der Waals surface area contributed by atoms with Gasteiger partial charge in [0.15, 0.2) is 0 Å². The van der Waals surface area contributed by atoms with Gasteiger partial charge in [0.25, 0.3) is 10.0 Å². The largest absolute Gasteiger partial charge is 0.372 e. The van der Waals surface area contributed by atoms with Gasteiger partial charge in [0.05, 0.1) is 10.7 Å². The SMILES string of the molecule is CNc1ncc(Br)cc1S(=O)(=O)Nc1ccc(Br)cc1Cl. The van der Waals surface area contributed by atoms with Crippen LogP contribution in [0.4, 0.5) is 11.5 Å². The van der Waals surface area contributed by atoms with Crippen LogP contribution in [0.15, 0.2) is 44.3 Å². The fourth-order valence-corrected chi connectivity index (χ4v) is 4.11. The summed E-state index contributed by atoms with van der Waals surface area (Å²) in [5.41, 5.74) is 0.293. The summed E-state index contributed by atoms with van der Waals surface area (Å²) in [5.74, 6) is 0.249. The van der Waals surface area contributed by atoms with Gasteiger partial charge >= 0.3 is 0 Å². The van der Waals surface area contributed by atoms with E-state index in [0.29, 0.717) is 15.2 Å². The number of anilines is 2. The first-order valence-corrected chi connectivity index (χ1v) is 9.09. The van der Waals surface area contributed by atoms with Crippen molar-refractivity contribution in [2.45, 2.75) is 4.90 Å². The summed E-state index contributed by atoms with van der Waals surface area (Å²) < 4.78 is 28.7. The zero-order valence-electron chi connectivity index (χ0n) is 10.7. The Morgan fingerprint density at radius 1 is 1.19 bits per heavy atom. The molecule has 0 saturated heterocycles. The maximum atomic E-state index is 12.5. The van der Waals surface area contributed by atoms with Crippen LogP contribution in [0.5, 0.6) is 0 Å². The van der Waals surface area contributed by atoms with Crippen LogP contribution in [0.1, 0.15) is 0 Å². The Bertz CT molecular complexity index is 784. The summed E-state index contributed by atoms with van der Waals surface area (Å²) in [6.45, 7) is 0. The standard InChI is InChI=1S/C12H10Br2ClN3O2S/c1-16-12-11(5-8(14)6-17-12)21(19,20)18-10-3-2-7(13)4-9(10)15/h2-6,18H,1H3,(H,16,17). The number of nitrogens with zero attached hydrogens (tertiary/aromatic N) is 1. The van der Waals surface area contributed by atoms with E-state index in [2.05, 4.69) is 46.9 Å². The summed E-state index contributed by atoms with van der Waals surface area (Å²) in [5, 5.41) is 3.04. The van der Waals surface area contributed by atoms with Gasteiger partial charge in [-0.1, -0.05) is 27.5 Å². The molecule has 0 aliphatic heterocycles. The fraction of sp³-hybridized carbons (Fsp3) is 0.0833. The van der Waals surface area contributed by atoms with Gasteiger partial charge in [-0.25, -0.2) is 13.4 Å². The maximum Gasteiger partial charge on any atom is 0.265 e. The van der Waals surface area contributed by atoms with E-state index >= 15 is 0 Å². The maximum absolute atomic E-state index is 12.5. The predicted octanol–water partition coefficient (Wildman–Crippen LogP) is 4.10. The quantitative estimate of drug-likeness (QED) is 0.728. The molecule has 0 aliphatic carbocycles. The van der Waals surface area contributed by atoms with Crippen molar-refractivity contribution in [3.63, 3.8) is 0 Å². The van der Waals surface area contributed by atoms with Crippen LogP contribution in [0, 0.1) is 0 Å². The van der Waals surface area contributed by atoms with E-state index in [9.17, 15) is 8.42 Å². The van der Waals surface area contributed by atoms with Crippen LogP contribution in [0.2, 0.25) is 5.02 Å². The van der Waals surface area contributed by atoms with Gasteiger partial charge in [0.2, 0.25) is 0 Å². The van der Waals surface area contributed by atoms with Crippen LogP contribution in [-0.4, -0.2) is 20.4 Å². The number of pyridine rings is 1. The molecular formula is C12H10Br2ClN3O2S. The molecule has 0 spiro atoms. The predicted molar refractivity (Wildman–Crippen MR) is 91.4 cm³/mol. The number of nitrogens with one attached hydrogen (secondary N) is 2. The highest BCUT2D eigenvalue weighted by atomic mass is 79.9. The summed E-state index contributed by atoms with van der Waals surface area (Å²) in [7, 11) is -2.22. The van der Waals surface area contributed by atoms with Gasteiger partial charge in [0.1, 0.15) is 10.7 Å². The molecule has 0 atom stereocenters. The van der Waals surface area contributed by atoms with Crippen molar-refractivity contribution in [2.75, 3.05) is 17.1 Å². The summed E-state index contributed by atoms with van der Waals surface area (Å²) in [4.78, 5) is 4.05. The second-order valence-corrected chi connectivity index (χ2v) is 7.87. The molecule has 0 bridgehead atoms. The third-order valence-electron chi connectivity index (χ3n) is 2.52. The van der Waals surface area contributed by atoms with Crippen LogP contribution in [0.3, 0.4) is 0 Å². The lowest BCUT2D eigenvalue weighted by Crippen LogP contribution is -2.15. The van der Waals surface area contributed by atoms with Crippen LogP contribution < -0.4 is 10.0 Å². The third kappa shape index (κ3) is 3.88. The Hall–Kier alpha value is -0.830. The van der Waals surface area contributed by atoms with Gasteiger partial charge in [0, 0.05) is 22.2 Å². The number of aromatic nitrogens is 1. The van der Waals surface area contributed by atoms with Crippen LogP contribution >= 0.6 is 43.5 Å². The van der Waals surface area contributed by atoms with E-state index in [-0.39, 0.29) is 10.7 Å². The highest BCUT2D eigenvalue weighted by molar-refractivity contribution is 9.10. The first kappa shape index (κ1) is 16.5. The topological polar surface area (TPSA) is 71.1 Å². The van der Waals surface area contributed by atoms with E-state index in [1.807, 2.05) is 0 Å². The molecule has 0 amide bonds. The van der Waals surface area contributed by atoms with Crippen molar-refractivity contribution in [1.29, 1.82) is 0 Å². The molecule has 1 aromatic carbocycles. The van der Waals surface area contributed by atoms with E-state index in [1.54, 1.807) is 25.2 Å². The molecule has 21 heavy (non-hydrogen) atoms. The minimum absolute atomic E-state index is 0.0263. The lowest BCUT2D eigenvalue weighted by molar-refractivity contribution is 0.601. The number of benzene rings is 1. The number of hydrogen-bond acceptors (Lipinski definition) is 4. The smallest absolute Gasteiger partial charge is 0.265 e. The molecule has 0 aliphatic rings. The molecule has 0 unspecified atom stereocenters. The van der Waals surface area contributed by atoms with E-state index in [1.165, 1.54) is 12.3 Å². The van der Waals surface area contributed by atoms with Gasteiger partial charge in [-0.15, -0.1) is 0 Å². The Morgan fingerprint density at radius 3 is 2.52 bits per heavy atom. The van der Waals surface area contributed by atoms with Crippen LogP contribution in [0.25, 0.3) is 0 Å². The molecule has 2 aromatic rings. The van der Waals surface area contributed by atoms with Crippen molar-refractivity contribution in [3.05, 3.63) is 44.4 Å². The lowest BCUT2D eigenvalue weighted by atomic mass is 10.3. The lowest BCUT2D eigenvalue weighted by Gasteiger charge is -2.12. The minimum Gasteiger partial charge on any atom is -0.372 e. The third-order valence-corrected chi connectivity index (χ3v) is 5.14. The molecule has 9 heteroatoms. The number of halogens is 3. The van der Waals surface area contributed by atoms with Crippen molar-refractivity contribution in [1.82, 2.24) is 4.98 Å². The monoisotopic (exact) mass is 453 g/mol. The zero-order chi connectivity index (χ0) is 15.6. The molecular weight excluding hydrogens is 445 g/mol. The Kier molecular flexibility index (Phi) is 5.13. The van der Waals surface area contributed by atoms with E-state index < -0.39 is 10.0 Å². The van der Waals surface area contributed by atoms with Crippen molar-refractivity contribution < 1.29 is 8.42 Å². The molecule has 5 nitrogen and oxygen atoms in total. The number of hydrogen-bond donors (Lipinski definition) is 2. The highest BCUT2D eigenvalue weighted by Gasteiger charge is 2.21. The van der Waals surface area contributed by atoms with Gasteiger partial charge in [-0.05, 0) is 40.2 Å². The number of rotatable bonds is 4. The van der Waals surface area contributed by atoms with E-state index in [0.717, 1.165) is 4.47 Å². The molecule has 0 fully saturated rings. The van der Waals surface area contributed by atoms with Gasteiger partial charge in [-0.3, -0.25) is 4.72 Å². The minimum atomic E-state index is -3.82. The fourth-order valence-electron chi connectivity index (χ4n) is 1.59. The van der Waals surface area contributed by atoms with E-state index in [4.69, 9.17) is 11.6 Å². The Labute approximate surface area is 144 Å². The highest BCUT2D eigenvalue weighted by Crippen LogP contribution is 2.30. The zero-order valence-corrected chi connectivity index (χ0v) is 15.4. The summed E-state index contributed by atoms with van der Waals surface area (Å²) in [6, 6.07) is 6.35. The number of sulfonamides is 1. The molecule has 2 N–H and O–H groups in total. The summed E-state index contributed by atoms with van der Waals surface area (Å²) >= 11 is 12.5. The average Bonchev–Trinajstić information content (AvgIpc) is 2.42. The molecule has 0 radical (unpaired) electrons. The van der Waals surface area contributed by atoms with Crippen molar-refractivity contribution in [2.24, 2.45) is 0 Å². The Balaban J connectivity index is 2.45. The second kappa shape index (κ2) is 6.51. The molecule has 2 rings (SSSR count). The van der Waals surface area contributed by atoms with Gasteiger partial charge in [-0.2, -0.15) is 0 Å². The normalized spacial score (nSPS) is 11.2. The van der Waals surface area contributed by atoms with Crippen molar-refractivity contribution in [3.8, 4) is 0 Å². The van der Waals surface area contributed by atoms with Gasteiger partial charge < -0.3 is 5.32 Å². The molecule has 1 heterocycles. The average molecular weight is 456 g/mol. The first-order chi connectivity index (χ1) is 9.83. The molecule has 0 saturated carbocycles. The second-order valence-electron chi connectivity index (χ2n) is 3.98. The molecule has 1 aromatic heterocycles. The van der Waals surface area contributed by atoms with Crippen molar-refractivity contribution >= 4 is 65.0 Å². The first-order valence-electron chi connectivity index (χ1n) is 5.64. The Morgan fingerprint density at radius 2 is 1.90 bits per heavy atom. The van der Waals surface area contributed by atoms with Crippen LogP contribution in [-0.2, 0) is 10.0 Å². The summed E-state index contributed by atoms with van der Waals surface area (Å²) in [6.07, 6.45) is 1.51.